The van der Waals surface area contributed by atoms with Gasteiger partial charge in [-0.25, -0.2) is 19.3 Å². The van der Waals surface area contributed by atoms with Gasteiger partial charge in [-0.15, -0.1) is 11.3 Å². The molecule has 0 aliphatic heterocycles. The summed E-state index contributed by atoms with van der Waals surface area (Å²) < 4.78 is 20.8. The van der Waals surface area contributed by atoms with Crippen molar-refractivity contribution in [1.29, 1.82) is 0 Å². The summed E-state index contributed by atoms with van der Waals surface area (Å²) in [5.41, 5.74) is 1.42. The normalized spacial score (nSPS) is 11.1. The highest BCUT2D eigenvalue weighted by Crippen LogP contribution is 2.34. The molecule has 0 saturated carbocycles. The zero-order valence-corrected chi connectivity index (χ0v) is 16.5. The van der Waals surface area contributed by atoms with E-state index in [4.69, 9.17) is 4.74 Å². The first-order valence-corrected chi connectivity index (χ1v) is 9.78. The molecule has 0 spiro atoms. The first-order chi connectivity index (χ1) is 14.7. The van der Waals surface area contributed by atoms with Gasteiger partial charge in [-0.3, -0.25) is 9.36 Å². The van der Waals surface area contributed by atoms with Gasteiger partial charge in [0.2, 0.25) is 0 Å². The van der Waals surface area contributed by atoms with E-state index in [0.29, 0.717) is 31.9 Å². The summed E-state index contributed by atoms with van der Waals surface area (Å²) in [4.78, 5) is 26.9. The molecule has 3 aromatic heterocycles. The summed E-state index contributed by atoms with van der Waals surface area (Å²) in [5, 5.41) is 3.93. The van der Waals surface area contributed by atoms with E-state index < -0.39 is 5.82 Å². The third kappa shape index (κ3) is 2.96. The summed E-state index contributed by atoms with van der Waals surface area (Å²) in [5.74, 6) is 0.116. The first kappa shape index (κ1) is 18.2. The lowest BCUT2D eigenvalue weighted by Crippen LogP contribution is -2.18. The molecule has 2 aromatic carbocycles. The minimum absolute atomic E-state index is 0.106. The Kier molecular flexibility index (Phi) is 4.36. The predicted molar refractivity (Wildman–Crippen MR) is 115 cm³/mol. The topological polar surface area (TPSA) is 81.9 Å². The van der Waals surface area contributed by atoms with Crippen molar-refractivity contribution >= 4 is 43.3 Å². The molecular weight excluding hydrogens is 405 g/mol. The van der Waals surface area contributed by atoms with Gasteiger partial charge in [-0.2, -0.15) is 0 Å². The van der Waals surface area contributed by atoms with Gasteiger partial charge in [-0.05, 0) is 24.3 Å². The number of hydrogen-bond donors (Lipinski definition) is 1. The molecule has 0 atom stereocenters. The van der Waals surface area contributed by atoms with E-state index in [1.807, 2.05) is 30.3 Å². The zero-order chi connectivity index (χ0) is 20.7. The lowest BCUT2D eigenvalue weighted by Gasteiger charge is -2.08. The van der Waals surface area contributed by atoms with E-state index in [1.165, 1.54) is 47.8 Å². The van der Waals surface area contributed by atoms with E-state index in [9.17, 15) is 9.18 Å². The molecule has 0 radical (unpaired) electrons. The fourth-order valence-electron chi connectivity index (χ4n) is 3.21. The number of para-hydroxylation sites is 1. The Morgan fingerprint density at radius 2 is 1.93 bits per heavy atom. The van der Waals surface area contributed by atoms with Crippen LogP contribution in [0.1, 0.15) is 0 Å². The molecule has 0 bridgehead atoms. The SMILES string of the molecule is COc1ccc(-n2cnc3c(sc4ncnc(Nc5ccccc5)c43)c2=O)cc1F. The number of thiophene rings is 1. The average molecular weight is 419 g/mol. The van der Waals surface area contributed by atoms with Crippen molar-refractivity contribution in [3.8, 4) is 11.4 Å². The Balaban J connectivity index is 1.68. The second-order valence-corrected chi connectivity index (χ2v) is 7.41. The third-order valence-corrected chi connectivity index (χ3v) is 5.70. The minimum atomic E-state index is -0.557. The highest BCUT2D eigenvalue weighted by Gasteiger charge is 2.17. The number of hydrogen-bond acceptors (Lipinski definition) is 7. The maximum absolute atomic E-state index is 14.1. The van der Waals surface area contributed by atoms with E-state index >= 15 is 0 Å². The fourth-order valence-corrected chi connectivity index (χ4v) is 4.23. The number of halogens is 1. The molecule has 0 unspecified atom stereocenters. The second kappa shape index (κ2) is 7.20. The molecule has 0 fully saturated rings. The number of nitrogens with zero attached hydrogens (tertiary/aromatic N) is 4. The van der Waals surface area contributed by atoms with Gasteiger partial charge in [0.1, 0.15) is 33.5 Å². The van der Waals surface area contributed by atoms with Crippen LogP contribution in [0, 0.1) is 5.82 Å². The third-order valence-electron chi connectivity index (χ3n) is 4.63. The molecule has 148 valence electrons. The number of nitrogens with one attached hydrogen (secondary N) is 1. The quantitative estimate of drug-likeness (QED) is 0.468. The highest BCUT2D eigenvalue weighted by molar-refractivity contribution is 7.25. The van der Waals surface area contributed by atoms with Crippen LogP contribution in [0.25, 0.3) is 26.1 Å². The smallest absolute Gasteiger partial charge is 0.275 e. The number of anilines is 2. The van der Waals surface area contributed by atoms with Crippen LogP contribution in [-0.4, -0.2) is 26.6 Å². The minimum Gasteiger partial charge on any atom is -0.494 e. The van der Waals surface area contributed by atoms with Crippen LogP contribution < -0.4 is 15.6 Å². The molecule has 9 heteroatoms. The van der Waals surface area contributed by atoms with Crippen LogP contribution in [-0.2, 0) is 0 Å². The van der Waals surface area contributed by atoms with Gasteiger partial charge in [0.25, 0.3) is 5.56 Å². The lowest BCUT2D eigenvalue weighted by molar-refractivity contribution is 0.386. The van der Waals surface area contributed by atoms with Crippen molar-refractivity contribution in [3.05, 3.63) is 77.4 Å². The number of ether oxygens (including phenoxy) is 1. The average Bonchev–Trinajstić information content (AvgIpc) is 3.15. The van der Waals surface area contributed by atoms with E-state index in [-0.39, 0.29) is 11.3 Å². The van der Waals surface area contributed by atoms with Gasteiger partial charge in [0.15, 0.2) is 11.6 Å². The number of rotatable bonds is 4. The van der Waals surface area contributed by atoms with Crippen LogP contribution in [0.5, 0.6) is 5.75 Å². The van der Waals surface area contributed by atoms with Crippen LogP contribution in [0.3, 0.4) is 0 Å². The van der Waals surface area contributed by atoms with Gasteiger partial charge in [-0.1, -0.05) is 18.2 Å². The van der Waals surface area contributed by atoms with E-state index in [1.54, 1.807) is 6.07 Å². The Labute approximate surface area is 173 Å². The fraction of sp³-hybridized carbons (Fsp3) is 0.0476. The maximum Gasteiger partial charge on any atom is 0.275 e. The zero-order valence-electron chi connectivity index (χ0n) is 15.7. The molecule has 1 N–H and O–H groups in total. The maximum atomic E-state index is 14.1. The number of aromatic nitrogens is 4. The Bertz CT molecular complexity index is 1450. The van der Waals surface area contributed by atoms with E-state index in [2.05, 4.69) is 20.3 Å². The summed E-state index contributed by atoms with van der Waals surface area (Å²) in [6, 6.07) is 13.9. The van der Waals surface area contributed by atoms with Gasteiger partial charge in [0.05, 0.1) is 18.2 Å². The summed E-state index contributed by atoms with van der Waals surface area (Å²) in [7, 11) is 1.39. The van der Waals surface area contributed by atoms with Crippen molar-refractivity contribution in [3.63, 3.8) is 0 Å². The van der Waals surface area contributed by atoms with Gasteiger partial charge < -0.3 is 10.1 Å². The van der Waals surface area contributed by atoms with Crippen molar-refractivity contribution < 1.29 is 9.13 Å². The van der Waals surface area contributed by atoms with Crippen LogP contribution in [0.15, 0.2) is 66.0 Å². The van der Waals surface area contributed by atoms with Crippen molar-refractivity contribution in [2.24, 2.45) is 0 Å². The lowest BCUT2D eigenvalue weighted by atomic mass is 10.2. The Morgan fingerprint density at radius 3 is 2.70 bits per heavy atom. The molecule has 3 heterocycles. The molecule has 0 saturated heterocycles. The number of benzene rings is 2. The van der Waals surface area contributed by atoms with E-state index in [0.717, 1.165) is 5.69 Å². The van der Waals surface area contributed by atoms with Crippen LogP contribution in [0.4, 0.5) is 15.9 Å². The standard InChI is InChI=1S/C21H14FN5O2S/c1-29-15-8-7-13(9-14(15)22)27-11-25-17-16-19(26-12-5-3-2-4-6-12)23-10-24-20(16)30-18(17)21(27)28/h2-11H,1H3,(H,23,24,26). The number of fused-ring (bicyclic) bond motifs is 3. The summed E-state index contributed by atoms with van der Waals surface area (Å²) >= 11 is 1.23. The molecule has 5 rings (SSSR count). The predicted octanol–water partition coefficient (Wildman–Crippen LogP) is 4.28. The molecule has 0 aliphatic rings. The van der Waals surface area contributed by atoms with Crippen molar-refractivity contribution in [2.75, 3.05) is 12.4 Å². The van der Waals surface area contributed by atoms with Gasteiger partial charge in [0, 0.05) is 11.8 Å². The highest BCUT2D eigenvalue weighted by atomic mass is 32.1. The molecular formula is C21H14FN5O2S. The summed E-state index contributed by atoms with van der Waals surface area (Å²) in [6.07, 6.45) is 2.83. The summed E-state index contributed by atoms with van der Waals surface area (Å²) in [6.45, 7) is 0. The first-order valence-electron chi connectivity index (χ1n) is 8.96. The number of methoxy groups -OCH3 is 1. The molecule has 7 nitrogen and oxygen atoms in total. The Hall–Kier alpha value is -3.85. The van der Waals surface area contributed by atoms with Crippen LogP contribution in [0.2, 0.25) is 0 Å². The van der Waals surface area contributed by atoms with Crippen molar-refractivity contribution in [1.82, 2.24) is 19.5 Å². The Morgan fingerprint density at radius 1 is 1.10 bits per heavy atom. The molecule has 5 aromatic rings. The molecule has 0 amide bonds. The van der Waals surface area contributed by atoms with Crippen LogP contribution >= 0.6 is 11.3 Å². The molecule has 0 aliphatic carbocycles. The monoisotopic (exact) mass is 419 g/mol. The van der Waals surface area contributed by atoms with Crippen molar-refractivity contribution in [2.45, 2.75) is 0 Å². The molecule has 30 heavy (non-hydrogen) atoms. The largest absolute Gasteiger partial charge is 0.494 e. The second-order valence-electron chi connectivity index (χ2n) is 6.41. The van der Waals surface area contributed by atoms with Gasteiger partial charge >= 0.3 is 0 Å².